The van der Waals surface area contributed by atoms with Crippen LogP contribution in [0, 0.1) is 5.82 Å². The van der Waals surface area contributed by atoms with Crippen molar-refractivity contribution in [3.05, 3.63) is 46.4 Å². The van der Waals surface area contributed by atoms with Gasteiger partial charge in [-0.1, -0.05) is 6.07 Å². The van der Waals surface area contributed by atoms with Crippen molar-refractivity contribution in [3.63, 3.8) is 0 Å². The quantitative estimate of drug-likeness (QED) is 0.648. The number of ether oxygens (including phenoxy) is 1. The summed E-state index contributed by atoms with van der Waals surface area (Å²) in [6.45, 7) is 3.14. The first-order valence-electron chi connectivity index (χ1n) is 11.4. The Bertz CT molecular complexity index is 1040. The van der Waals surface area contributed by atoms with E-state index in [1.165, 1.54) is 17.9 Å². The summed E-state index contributed by atoms with van der Waals surface area (Å²) in [4.78, 5) is 42.1. The predicted molar refractivity (Wildman–Crippen MR) is 129 cm³/mol. The van der Waals surface area contributed by atoms with Crippen molar-refractivity contribution in [2.45, 2.75) is 38.3 Å². The van der Waals surface area contributed by atoms with E-state index in [-0.39, 0.29) is 30.9 Å². The molecular weight excluding hydrogens is 459 g/mol. The number of amides is 3. The molecule has 3 heterocycles. The monoisotopic (exact) mass is 488 g/mol. The van der Waals surface area contributed by atoms with Crippen molar-refractivity contribution in [2.24, 2.45) is 0 Å². The fourth-order valence-electron chi connectivity index (χ4n) is 4.40. The second-order valence-electron chi connectivity index (χ2n) is 8.67. The lowest BCUT2D eigenvalue weighted by Crippen LogP contribution is -2.46. The van der Waals surface area contributed by atoms with Crippen LogP contribution in [0.5, 0.6) is 0 Å². The van der Waals surface area contributed by atoms with E-state index in [1.54, 1.807) is 23.5 Å². The fourth-order valence-corrected chi connectivity index (χ4v) is 5.10. The number of rotatable bonds is 7. The Morgan fingerprint density at radius 1 is 1.26 bits per heavy atom. The number of piperidine rings is 1. The van der Waals surface area contributed by atoms with Crippen molar-refractivity contribution >= 4 is 40.6 Å². The first-order valence-corrected chi connectivity index (χ1v) is 12.2. The molecular formula is C24H29FN4O4S. The van der Waals surface area contributed by atoms with Crippen LogP contribution in [0.1, 0.15) is 24.6 Å². The van der Waals surface area contributed by atoms with Crippen LogP contribution in [0.2, 0.25) is 0 Å². The highest BCUT2D eigenvalue weighted by Crippen LogP contribution is 2.30. The predicted octanol–water partition coefficient (Wildman–Crippen LogP) is 3.02. The van der Waals surface area contributed by atoms with E-state index < -0.39 is 18.0 Å². The SMILES string of the molecule is CC(=O)NC[C@H]1CN(c2ccc(N3CCC(N(C)C(=O)Cc4cccs4)CC3)c(F)c2)C(=O)O1. The van der Waals surface area contributed by atoms with E-state index in [4.69, 9.17) is 4.74 Å². The molecule has 182 valence electrons. The molecule has 0 radical (unpaired) electrons. The van der Waals surface area contributed by atoms with Gasteiger partial charge in [-0.05, 0) is 42.5 Å². The number of cyclic esters (lactones) is 1. The maximum absolute atomic E-state index is 15.0. The molecule has 2 aliphatic rings. The molecule has 2 saturated heterocycles. The van der Waals surface area contributed by atoms with Gasteiger partial charge in [-0.25, -0.2) is 9.18 Å². The number of anilines is 2. The van der Waals surface area contributed by atoms with Crippen molar-refractivity contribution in [3.8, 4) is 0 Å². The third-order valence-corrected chi connectivity index (χ3v) is 7.22. The lowest BCUT2D eigenvalue weighted by Gasteiger charge is -2.38. The maximum atomic E-state index is 15.0. The van der Waals surface area contributed by atoms with Crippen LogP contribution < -0.4 is 15.1 Å². The number of hydrogen-bond donors (Lipinski definition) is 1. The van der Waals surface area contributed by atoms with Crippen molar-refractivity contribution in [1.82, 2.24) is 10.2 Å². The number of likely N-dealkylation sites (N-methyl/N-ethyl adjacent to an activating group) is 1. The van der Waals surface area contributed by atoms with Gasteiger partial charge in [-0.2, -0.15) is 0 Å². The molecule has 0 spiro atoms. The highest BCUT2D eigenvalue weighted by Gasteiger charge is 2.33. The van der Waals surface area contributed by atoms with Crippen molar-refractivity contribution in [1.29, 1.82) is 0 Å². The van der Waals surface area contributed by atoms with Gasteiger partial charge < -0.3 is 19.9 Å². The molecule has 4 rings (SSSR count). The van der Waals surface area contributed by atoms with E-state index in [0.29, 0.717) is 30.9 Å². The zero-order chi connectivity index (χ0) is 24.2. The number of thiophene rings is 1. The van der Waals surface area contributed by atoms with Gasteiger partial charge in [0.05, 0.1) is 30.9 Å². The molecule has 8 nitrogen and oxygen atoms in total. The summed E-state index contributed by atoms with van der Waals surface area (Å²) >= 11 is 1.58. The summed E-state index contributed by atoms with van der Waals surface area (Å²) in [6, 6.07) is 8.79. The third-order valence-electron chi connectivity index (χ3n) is 6.35. The van der Waals surface area contributed by atoms with Crippen molar-refractivity contribution in [2.75, 3.05) is 43.0 Å². The lowest BCUT2D eigenvalue weighted by molar-refractivity contribution is -0.131. The Labute approximate surface area is 202 Å². The van der Waals surface area contributed by atoms with E-state index in [0.717, 1.165) is 17.7 Å². The van der Waals surface area contributed by atoms with Crippen LogP contribution in [0.4, 0.5) is 20.6 Å². The van der Waals surface area contributed by atoms with Gasteiger partial charge in [-0.15, -0.1) is 11.3 Å². The van der Waals surface area contributed by atoms with Gasteiger partial charge in [0, 0.05) is 38.0 Å². The largest absolute Gasteiger partial charge is 0.442 e. The Morgan fingerprint density at radius 3 is 2.68 bits per heavy atom. The Balaban J connectivity index is 1.33. The molecule has 1 atom stereocenters. The summed E-state index contributed by atoms with van der Waals surface area (Å²) in [5, 5.41) is 4.59. The van der Waals surface area contributed by atoms with E-state index in [9.17, 15) is 14.4 Å². The molecule has 3 amide bonds. The second-order valence-corrected chi connectivity index (χ2v) is 9.70. The minimum atomic E-state index is -0.557. The van der Waals surface area contributed by atoms with Gasteiger partial charge in [0.25, 0.3) is 0 Å². The zero-order valence-corrected chi connectivity index (χ0v) is 20.1. The normalized spacial score (nSPS) is 18.7. The van der Waals surface area contributed by atoms with E-state index >= 15 is 4.39 Å². The topological polar surface area (TPSA) is 82.2 Å². The minimum absolute atomic E-state index is 0.103. The van der Waals surface area contributed by atoms with E-state index in [1.807, 2.05) is 34.4 Å². The molecule has 0 unspecified atom stereocenters. The lowest BCUT2D eigenvalue weighted by atomic mass is 10.0. The van der Waals surface area contributed by atoms with Crippen LogP contribution in [0.15, 0.2) is 35.7 Å². The number of hydrogen-bond acceptors (Lipinski definition) is 6. The molecule has 34 heavy (non-hydrogen) atoms. The number of carbonyl (C=O) groups excluding carboxylic acids is 3. The molecule has 2 aliphatic heterocycles. The highest BCUT2D eigenvalue weighted by molar-refractivity contribution is 7.10. The van der Waals surface area contributed by atoms with Crippen LogP contribution in [0.3, 0.4) is 0 Å². The van der Waals surface area contributed by atoms with Crippen LogP contribution in [-0.4, -0.2) is 68.2 Å². The molecule has 1 aromatic carbocycles. The standard InChI is InChI=1S/C24H29FN4O4S/c1-16(30)26-14-19-15-29(24(32)33-19)18-5-6-22(21(25)12-18)28-9-7-17(8-10-28)27(2)23(31)13-20-4-3-11-34-20/h3-6,11-12,17,19H,7-10,13-15H2,1-2H3,(H,26,30)/t19-/m0/s1. The smallest absolute Gasteiger partial charge is 0.414 e. The van der Waals surface area contributed by atoms with Crippen LogP contribution in [0.25, 0.3) is 0 Å². The summed E-state index contributed by atoms with van der Waals surface area (Å²) < 4.78 is 20.3. The Morgan fingerprint density at radius 2 is 2.03 bits per heavy atom. The van der Waals surface area contributed by atoms with E-state index in [2.05, 4.69) is 5.32 Å². The summed E-state index contributed by atoms with van der Waals surface area (Å²) in [5.74, 6) is -0.506. The number of benzene rings is 1. The van der Waals surface area contributed by atoms with Gasteiger partial charge in [-0.3, -0.25) is 14.5 Å². The average Bonchev–Trinajstić information content (AvgIpc) is 3.46. The first-order chi connectivity index (χ1) is 16.3. The minimum Gasteiger partial charge on any atom is -0.442 e. The summed E-state index contributed by atoms with van der Waals surface area (Å²) in [6.07, 6.45) is 0.903. The molecule has 1 aromatic heterocycles. The zero-order valence-electron chi connectivity index (χ0n) is 19.3. The number of nitrogens with one attached hydrogen (secondary N) is 1. The van der Waals surface area contributed by atoms with Gasteiger partial charge in [0.1, 0.15) is 11.9 Å². The number of nitrogens with zero attached hydrogens (tertiary/aromatic N) is 3. The second kappa shape index (κ2) is 10.4. The number of carbonyl (C=O) groups is 3. The number of halogens is 1. The molecule has 10 heteroatoms. The Hall–Kier alpha value is -3.14. The van der Waals surface area contributed by atoms with Gasteiger partial charge in [0.15, 0.2) is 0 Å². The van der Waals surface area contributed by atoms with Crippen LogP contribution >= 0.6 is 11.3 Å². The highest BCUT2D eigenvalue weighted by atomic mass is 32.1. The molecule has 0 saturated carbocycles. The first kappa shape index (κ1) is 24.0. The summed E-state index contributed by atoms with van der Waals surface area (Å²) in [5.41, 5.74) is 0.905. The molecule has 2 fully saturated rings. The average molecular weight is 489 g/mol. The third kappa shape index (κ3) is 5.49. The molecule has 1 N–H and O–H groups in total. The summed E-state index contributed by atoms with van der Waals surface area (Å²) in [7, 11) is 1.85. The van der Waals surface area contributed by atoms with Gasteiger partial charge >= 0.3 is 6.09 Å². The Kier molecular flexibility index (Phi) is 7.35. The molecule has 0 aliphatic carbocycles. The van der Waals surface area contributed by atoms with Gasteiger partial charge in [0.2, 0.25) is 11.8 Å². The van der Waals surface area contributed by atoms with Crippen molar-refractivity contribution < 1.29 is 23.5 Å². The fraction of sp³-hybridized carbons (Fsp3) is 0.458. The molecule has 2 aromatic rings. The maximum Gasteiger partial charge on any atom is 0.414 e. The van der Waals surface area contributed by atoms with Crippen LogP contribution in [-0.2, 0) is 20.7 Å². The molecule has 0 bridgehead atoms.